The Labute approximate surface area is 172 Å². The minimum Gasteiger partial charge on any atom is -0.496 e. The van der Waals surface area contributed by atoms with Gasteiger partial charge in [-0.3, -0.25) is 14.9 Å². The lowest BCUT2D eigenvalue weighted by atomic mass is 10.1. The molecule has 9 heteroatoms. The molecule has 0 saturated heterocycles. The van der Waals surface area contributed by atoms with Crippen molar-refractivity contribution in [2.75, 3.05) is 7.11 Å². The molecular formula is C21H13N3O5S. The highest BCUT2D eigenvalue weighted by molar-refractivity contribution is 7.15. The van der Waals surface area contributed by atoms with Crippen molar-refractivity contribution in [1.29, 1.82) is 0 Å². The Morgan fingerprint density at radius 3 is 2.83 bits per heavy atom. The number of rotatable bonds is 4. The molecule has 0 radical (unpaired) electrons. The van der Waals surface area contributed by atoms with E-state index in [1.54, 1.807) is 22.6 Å². The number of benzene rings is 2. The first-order chi connectivity index (χ1) is 14.5. The molecule has 0 N–H and O–H groups in total. The number of ether oxygens (including phenoxy) is 1. The maximum absolute atomic E-state index is 12.9. The van der Waals surface area contributed by atoms with Crippen LogP contribution in [0.5, 0.6) is 5.75 Å². The number of nitro benzene ring substituents is 1. The molecule has 0 aliphatic rings. The van der Waals surface area contributed by atoms with Crippen LogP contribution in [0.25, 0.3) is 33.4 Å². The number of nitro groups is 1. The van der Waals surface area contributed by atoms with Gasteiger partial charge in [-0.1, -0.05) is 23.5 Å². The number of thiazole rings is 1. The van der Waals surface area contributed by atoms with E-state index in [1.165, 1.54) is 36.6 Å². The molecule has 0 amide bonds. The molecule has 0 spiro atoms. The van der Waals surface area contributed by atoms with E-state index in [0.717, 1.165) is 11.0 Å². The SMILES string of the molecule is COc1ccc([N+](=O)[O-])cc1-c1ccc(/C=c2/sc3nc4ccccc4n3c2=O)o1. The van der Waals surface area contributed by atoms with Crippen molar-refractivity contribution in [3.63, 3.8) is 0 Å². The van der Waals surface area contributed by atoms with Gasteiger partial charge in [0.15, 0.2) is 4.96 Å². The van der Waals surface area contributed by atoms with Crippen LogP contribution in [0.15, 0.2) is 63.8 Å². The number of hydrogen-bond acceptors (Lipinski definition) is 7. The molecule has 0 aliphatic carbocycles. The summed E-state index contributed by atoms with van der Waals surface area (Å²) in [7, 11) is 1.48. The van der Waals surface area contributed by atoms with E-state index in [0.29, 0.717) is 32.3 Å². The van der Waals surface area contributed by atoms with Gasteiger partial charge in [-0.05, 0) is 30.3 Å². The van der Waals surface area contributed by atoms with E-state index in [-0.39, 0.29) is 11.2 Å². The van der Waals surface area contributed by atoms with E-state index in [9.17, 15) is 14.9 Å². The quantitative estimate of drug-likeness (QED) is 0.326. The fourth-order valence-electron chi connectivity index (χ4n) is 3.32. The average molecular weight is 419 g/mol. The highest BCUT2D eigenvalue weighted by atomic mass is 32.1. The number of imidazole rings is 1. The topological polar surface area (TPSA) is 99.9 Å². The summed E-state index contributed by atoms with van der Waals surface area (Å²) in [6.45, 7) is 0. The highest BCUT2D eigenvalue weighted by Crippen LogP contribution is 2.34. The van der Waals surface area contributed by atoms with Crippen molar-refractivity contribution in [3.8, 4) is 17.1 Å². The summed E-state index contributed by atoms with van der Waals surface area (Å²) < 4.78 is 13.2. The first kappa shape index (κ1) is 18.1. The fourth-order valence-corrected chi connectivity index (χ4v) is 4.29. The zero-order valence-corrected chi connectivity index (χ0v) is 16.4. The van der Waals surface area contributed by atoms with Crippen LogP contribution < -0.4 is 14.8 Å². The van der Waals surface area contributed by atoms with Crippen LogP contribution in [0.4, 0.5) is 5.69 Å². The Hall–Kier alpha value is -3.98. The maximum atomic E-state index is 12.9. The van der Waals surface area contributed by atoms with Crippen molar-refractivity contribution in [2.45, 2.75) is 0 Å². The van der Waals surface area contributed by atoms with Crippen molar-refractivity contribution in [3.05, 3.63) is 85.4 Å². The second kappa shape index (κ2) is 6.82. The Bertz CT molecular complexity index is 1550. The van der Waals surface area contributed by atoms with Gasteiger partial charge in [0.25, 0.3) is 11.2 Å². The normalized spacial score (nSPS) is 12.1. The number of para-hydroxylation sites is 2. The van der Waals surface area contributed by atoms with Gasteiger partial charge in [0.1, 0.15) is 21.8 Å². The lowest BCUT2D eigenvalue weighted by molar-refractivity contribution is -0.384. The number of non-ortho nitro benzene ring substituents is 1. The van der Waals surface area contributed by atoms with E-state index in [1.807, 2.05) is 24.3 Å². The van der Waals surface area contributed by atoms with Crippen molar-refractivity contribution in [2.24, 2.45) is 0 Å². The van der Waals surface area contributed by atoms with Gasteiger partial charge in [-0.2, -0.15) is 0 Å². The fraction of sp³-hybridized carbons (Fsp3) is 0.0476. The number of fused-ring (bicyclic) bond motifs is 3. The van der Waals surface area contributed by atoms with Gasteiger partial charge in [-0.15, -0.1) is 0 Å². The molecule has 30 heavy (non-hydrogen) atoms. The molecule has 5 aromatic rings. The molecule has 0 saturated carbocycles. The van der Waals surface area contributed by atoms with Gasteiger partial charge < -0.3 is 9.15 Å². The largest absolute Gasteiger partial charge is 0.496 e. The number of hydrogen-bond donors (Lipinski definition) is 0. The molecule has 0 atom stereocenters. The third-order valence-corrected chi connectivity index (χ3v) is 5.67. The lowest BCUT2D eigenvalue weighted by Crippen LogP contribution is -2.22. The van der Waals surface area contributed by atoms with E-state index < -0.39 is 4.92 Å². The summed E-state index contributed by atoms with van der Waals surface area (Å²) in [6, 6.07) is 15.1. The first-order valence-corrected chi connectivity index (χ1v) is 9.71. The van der Waals surface area contributed by atoms with Gasteiger partial charge in [0.2, 0.25) is 0 Å². The summed E-state index contributed by atoms with van der Waals surface area (Å²) >= 11 is 1.27. The van der Waals surface area contributed by atoms with Crippen molar-refractivity contribution in [1.82, 2.24) is 9.38 Å². The summed E-state index contributed by atoms with van der Waals surface area (Å²) in [5.74, 6) is 1.30. The van der Waals surface area contributed by atoms with Gasteiger partial charge in [0, 0.05) is 18.2 Å². The second-order valence-electron chi connectivity index (χ2n) is 6.48. The van der Waals surface area contributed by atoms with Gasteiger partial charge in [-0.25, -0.2) is 9.38 Å². The first-order valence-electron chi connectivity index (χ1n) is 8.89. The molecular weight excluding hydrogens is 406 g/mol. The van der Waals surface area contributed by atoms with Crippen LogP contribution in [0.3, 0.4) is 0 Å². The van der Waals surface area contributed by atoms with Crippen molar-refractivity contribution < 1.29 is 14.1 Å². The second-order valence-corrected chi connectivity index (χ2v) is 7.49. The van der Waals surface area contributed by atoms with Crippen LogP contribution in [-0.4, -0.2) is 21.4 Å². The van der Waals surface area contributed by atoms with Gasteiger partial charge >= 0.3 is 0 Å². The highest BCUT2D eigenvalue weighted by Gasteiger charge is 2.16. The molecule has 148 valence electrons. The average Bonchev–Trinajstić information content (AvgIpc) is 3.43. The zero-order valence-electron chi connectivity index (χ0n) is 15.6. The zero-order chi connectivity index (χ0) is 20.8. The third-order valence-electron chi connectivity index (χ3n) is 4.70. The van der Waals surface area contributed by atoms with E-state index >= 15 is 0 Å². The number of methoxy groups -OCH3 is 1. The molecule has 2 aromatic carbocycles. The molecule has 0 fully saturated rings. The molecule has 8 nitrogen and oxygen atoms in total. The molecule has 0 aliphatic heterocycles. The summed E-state index contributed by atoms with van der Waals surface area (Å²) in [6.07, 6.45) is 1.64. The molecule has 3 heterocycles. The molecule has 5 rings (SSSR count). The lowest BCUT2D eigenvalue weighted by Gasteiger charge is -2.05. The smallest absolute Gasteiger partial charge is 0.275 e. The predicted octanol–water partition coefficient (Wildman–Crippen LogP) is 3.63. The van der Waals surface area contributed by atoms with Crippen LogP contribution in [-0.2, 0) is 0 Å². The molecule has 0 bridgehead atoms. The monoisotopic (exact) mass is 419 g/mol. The number of aromatic nitrogens is 2. The predicted molar refractivity (Wildman–Crippen MR) is 113 cm³/mol. The number of nitrogens with zero attached hydrogens (tertiary/aromatic N) is 3. The third kappa shape index (κ3) is 2.83. The van der Waals surface area contributed by atoms with Crippen LogP contribution in [0.1, 0.15) is 5.76 Å². The van der Waals surface area contributed by atoms with Crippen LogP contribution in [0, 0.1) is 10.1 Å². The van der Waals surface area contributed by atoms with E-state index in [4.69, 9.17) is 9.15 Å². The Balaban J connectivity index is 1.61. The standard InChI is InChI=1S/C21H13N3O5S/c1-28-17-8-6-12(24(26)27)10-14(17)18-9-7-13(29-18)11-19-20(25)23-16-5-3-2-4-15(16)22-21(23)30-19/h2-11H,1H3/b19-11+. The molecule has 0 unspecified atom stereocenters. The Morgan fingerprint density at radius 1 is 1.20 bits per heavy atom. The Kier molecular flexibility index (Phi) is 4.11. The van der Waals surface area contributed by atoms with Crippen LogP contribution in [0.2, 0.25) is 0 Å². The molecule has 3 aromatic heterocycles. The summed E-state index contributed by atoms with van der Waals surface area (Å²) in [4.78, 5) is 28.6. The maximum Gasteiger partial charge on any atom is 0.275 e. The van der Waals surface area contributed by atoms with Crippen molar-refractivity contribution >= 4 is 39.1 Å². The minimum absolute atomic E-state index is 0.0686. The van der Waals surface area contributed by atoms with Crippen LogP contribution >= 0.6 is 11.3 Å². The van der Waals surface area contributed by atoms with E-state index in [2.05, 4.69) is 4.98 Å². The van der Waals surface area contributed by atoms with Gasteiger partial charge in [0.05, 0.1) is 28.6 Å². The summed E-state index contributed by atoms with van der Waals surface area (Å²) in [5.41, 5.74) is 1.75. The summed E-state index contributed by atoms with van der Waals surface area (Å²) in [5, 5.41) is 11.1. The minimum atomic E-state index is -0.478. The number of furan rings is 1. The Morgan fingerprint density at radius 2 is 2.03 bits per heavy atom.